The molecule has 0 radical (unpaired) electrons. The van der Waals surface area contributed by atoms with Crippen molar-refractivity contribution >= 4 is 43.0 Å². The van der Waals surface area contributed by atoms with Crippen molar-refractivity contribution in [3.63, 3.8) is 0 Å². The van der Waals surface area contributed by atoms with Gasteiger partial charge in [0, 0.05) is 0 Å². The van der Waals surface area contributed by atoms with Crippen LogP contribution in [0.5, 0.6) is 0 Å². The number of thiol groups is 1. The van der Waals surface area contributed by atoms with Crippen LogP contribution < -0.4 is 5.32 Å². The van der Waals surface area contributed by atoms with Gasteiger partial charge in [0.25, 0.3) is 0 Å². The topological polar surface area (TPSA) is 116 Å². The van der Waals surface area contributed by atoms with Crippen molar-refractivity contribution in [2.45, 2.75) is 6.04 Å². The van der Waals surface area contributed by atoms with E-state index in [4.69, 9.17) is 14.9 Å². The van der Waals surface area contributed by atoms with Crippen LogP contribution >= 0.6 is 32.7 Å². The molecule has 0 aliphatic heterocycles. The van der Waals surface area contributed by atoms with Crippen molar-refractivity contribution in [1.29, 1.82) is 0 Å². The second-order valence-corrected chi connectivity index (χ2v) is 4.52. The normalized spacial score (nSPS) is 13.4. The molecule has 82 valence electrons. The summed E-state index contributed by atoms with van der Waals surface area (Å²) in [6.45, 7) is -0.708. The number of aliphatic carboxylic acids is 1. The minimum Gasteiger partial charge on any atom is -0.480 e. The third-order valence-corrected chi connectivity index (χ3v) is 1.74. The Morgan fingerprint density at radius 2 is 2.14 bits per heavy atom. The zero-order chi connectivity index (χ0) is 11.4. The fraction of sp³-hybridized carbons (Fsp3) is 0.500. The first kappa shape index (κ1) is 13.8. The zero-order valence-corrected chi connectivity index (χ0v) is 9.26. The molecule has 0 saturated carbocycles. The molecule has 0 heterocycles. The minimum atomic E-state index is -4.67. The van der Waals surface area contributed by atoms with Gasteiger partial charge < -0.3 is 20.2 Å². The Bertz CT molecular complexity index is 277. The molecular weight excluding hydrogens is 253 g/mol. The van der Waals surface area contributed by atoms with Crippen LogP contribution in [0.25, 0.3) is 0 Å². The van der Waals surface area contributed by atoms with Gasteiger partial charge in [-0.15, -0.1) is 12.6 Å². The SMILES string of the molecule is O=C(O)[C@H](COP(=O)(O)O)NC(=S)S. The number of phosphoric acid groups is 1. The number of rotatable bonds is 5. The van der Waals surface area contributed by atoms with Gasteiger partial charge in [-0.1, -0.05) is 12.2 Å². The molecule has 0 aliphatic carbocycles. The molecule has 0 aromatic heterocycles. The van der Waals surface area contributed by atoms with Crippen molar-refractivity contribution < 1.29 is 28.8 Å². The van der Waals surface area contributed by atoms with Crippen LogP contribution in [0.4, 0.5) is 0 Å². The summed E-state index contributed by atoms with van der Waals surface area (Å²) in [6.07, 6.45) is 0. The molecule has 0 aromatic carbocycles. The van der Waals surface area contributed by atoms with E-state index in [0.717, 1.165) is 0 Å². The van der Waals surface area contributed by atoms with E-state index in [2.05, 4.69) is 34.7 Å². The van der Waals surface area contributed by atoms with Gasteiger partial charge in [0.2, 0.25) is 0 Å². The van der Waals surface area contributed by atoms with Gasteiger partial charge in [-0.3, -0.25) is 4.52 Å². The predicted molar refractivity (Wildman–Crippen MR) is 54.1 cm³/mol. The third kappa shape index (κ3) is 7.25. The van der Waals surface area contributed by atoms with Crippen LogP contribution in [0.15, 0.2) is 0 Å². The molecule has 0 fully saturated rings. The lowest BCUT2D eigenvalue weighted by Crippen LogP contribution is -2.41. The number of phosphoric ester groups is 1. The number of hydrogen-bond acceptors (Lipinski definition) is 4. The number of hydrogen-bond donors (Lipinski definition) is 5. The highest BCUT2D eigenvalue weighted by Gasteiger charge is 2.23. The summed E-state index contributed by atoms with van der Waals surface area (Å²) in [5.74, 6) is -1.35. The third-order valence-electron chi connectivity index (χ3n) is 1.01. The Morgan fingerprint density at radius 3 is 2.43 bits per heavy atom. The summed E-state index contributed by atoms with van der Waals surface area (Å²) >= 11 is 8.04. The molecule has 10 heteroatoms. The second kappa shape index (κ2) is 5.64. The van der Waals surface area contributed by atoms with Crippen molar-refractivity contribution in [3.8, 4) is 0 Å². The number of thiocarbonyl (C=S) groups is 1. The number of nitrogens with one attached hydrogen (secondary N) is 1. The van der Waals surface area contributed by atoms with Crippen LogP contribution in [0.3, 0.4) is 0 Å². The van der Waals surface area contributed by atoms with Crippen molar-refractivity contribution in [1.82, 2.24) is 5.32 Å². The molecular formula is C4H8NO6PS2. The monoisotopic (exact) mass is 261 g/mol. The highest BCUT2D eigenvalue weighted by molar-refractivity contribution is 8.11. The van der Waals surface area contributed by atoms with E-state index >= 15 is 0 Å². The Labute approximate surface area is 90.1 Å². The van der Waals surface area contributed by atoms with Gasteiger partial charge in [-0.25, -0.2) is 9.36 Å². The molecule has 0 aromatic rings. The van der Waals surface area contributed by atoms with E-state index in [-0.39, 0.29) is 4.32 Å². The van der Waals surface area contributed by atoms with Gasteiger partial charge >= 0.3 is 13.8 Å². The Hall–Kier alpha value is -0.180. The van der Waals surface area contributed by atoms with Crippen molar-refractivity contribution in [2.75, 3.05) is 6.61 Å². The number of carboxylic acid groups (broad SMARTS) is 1. The fourth-order valence-corrected chi connectivity index (χ4v) is 1.14. The second-order valence-electron chi connectivity index (χ2n) is 2.13. The first-order chi connectivity index (χ1) is 6.22. The summed E-state index contributed by atoms with van der Waals surface area (Å²) in [5.41, 5.74) is 0. The van der Waals surface area contributed by atoms with E-state index < -0.39 is 26.4 Å². The lowest BCUT2D eigenvalue weighted by atomic mass is 10.3. The zero-order valence-electron chi connectivity index (χ0n) is 6.65. The van der Waals surface area contributed by atoms with Crippen LogP contribution in [0.2, 0.25) is 0 Å². The summed E-state index contributed by atoms with van der Waals surface area (Å²) < 4.78 is 14.1. The van der Waals surface area contributed by atoms with Crippen molar-refractivity contribution in [2.24, 2.45) is 0 Å². The molecule has 7 nitrogen and oxygen atoms in total. The predicted octanol–water partition coefficient (Wildman–Crippen LogP) is -0.647. The van der Waals surface area contributed by atoms with E-state index in [1.807, 2.05) is 0 Å². The Morgan fingerprint density at radius 1 is 1.64 bits per heavy atom. The molecule has 0 amide bonds. The van der Waals surface area contributed by atoms with E-state index in [1.54, 1.807) is 0 Å². The summed E-state index contributed by atoms with van der Waals surface area (Å²) in [7, 11) is -4.67. The quantitative estimate of drug-likeness (QED) is 0.252. The highest BCUT2D eigenvalue weighted by atomic mass is 32.1. The molecule has 1 atom stereocenters. The van der Waals surface area contributed by atoms with Crippen LogP contribution in [0, 0.1) is 0 Å². The van der Waals surface area contributed by atoms with Crippen molar-refractivity contribution in [3.05, 3.63) is 0 Å². The maximum Gasteiger partial charge on any atom is 0.469 e. The molecule has 4 N–H and O–H groups in total. The van der Waals surface area contributed by atoms with E-state index in [1.165, 1.54) is 0 Å². The van der Waals surface area contributed by atoms with Crippen LogP contribution in [-0.4, -0.2) is 37.8 Å². The lowest BCUT2D eigenvalue weighted by molar-refractivity contribution is -0.139. The summed E-state index contributed by atoms with van der Waals surface area (Å²) in [4.78, 5) is 27.1. The first-order valence-electron chi connectivity index (χ1n) is 3.14. The first-order valence-corrected chi connectivity index (χ1v) is 5.53. The average Bonchev–Trinajstić information content (AvgIpc) is 1.94. The van der Waals surface area contributed by atoms with Crippen LogP contribution in [0.1, 0.15) is 0 Å². The standard InChI is InChI=1S/C4H8NO6PS2/c6-3(7)2(5-4(13)14)1-11-12(8,9)10/h2H,1H2,(H,6,7)(H2,5,13,14)(H2,8,9,10)/t2-/m0/s1. The maximum atomic E-state index is 10.5. The molecule has 0 aliphatic rings. The molecule has 0 saturated heterocycles. The Kier molecular flexibility index (Phi) is 5.57. The fourth-order valence-electron chi connectivity index (χ4n) is 0.495. The Balaban J connectivity index is 4.18. The van der Waals surface area contributed by atoms with E-state index in [9.17, 15) is 9.36 Å². The van der Waals surface area contributed by atoms with Crippen LogP contribution in [-0.2, 0) is 13.9 Å². The molecule has 0 bridgehead atoms. The lowest BCUT2D eigenvalue weighted by Gasteiger charge is -2.14. The van der Waals surface area contributed by atoms with Gasteiger partial charge in [-0.05, 0) is 0 Å². The average molecular weight is 261 g/mol. The van der Waals surface area contributed by atoms with Gasteiger partial charge in [0.05, 0.1) is 6.61 Å². The molecule has 14 heavy (non-hydrogen) atoms. The van der Waals surface area contributed by atoms with Gasteiger partial charge in [0.1, 0.15) is 10.4 Å². The summed E-state index contributed by atoms with van der Waals surface area (Å²) in [6, 6.07) is -1.34. The van der Waals surface area contributed by atoms with Gasteiger partial charge in [0.15, 0.2) is 0 Å². The maximum absolute atomic E-state index is 10.5. The molecule has 0 spiro atoms. The van der Waals surface area contributed by atoms with E-state index in [0.29, 0.717) is 0 Å². The smallest absolute Gasteiger partial charge is 0.469 e. The number of carboxylic acids is 1. The summed E-state index contributed by atoms with van der Waals surface area (Å²) in [5, 5.41) is 10.7. The minimum absolute atomic E-state index is 0.105. The number of carbonyl (C=O) groups is 1. The molecule has 0 unspecified atom stereocenters. The van der Waals surface area contributed by atoms with Gasteiger partial charge in [-0.2, -0.15) is 0 Å². The molecule has 0 rings (SSSR count). The largest absolute Gasteiger partial charge is 0.480 e. The highest BCUT2D eigenvalue weighted by Crippen LogP contribution is 2.35.